The minimum atomic E-state index is 0.0925. The van der Waals surface area contributed by atoms with E-state index in [9.17, 15) is 0 Å². The van der Waals surface area contributed by atoms with Crippen molar-refractivity contribution in [1.29, 1.82) is 5.26 Å². The van der Waals surface area contributed by atoms with E-state index in [1.54, 1.807) is 0 Å². The zero-order chi connectivity index (χ0) is 12.8. The maximum absolute atomic E-state index is 8.77. The van der Waals surface area contributed by atoms with E-state index < -0.39 is 0 Å². The molecule has 17 heavy (non-hydrogen) atoms. The Bertz CT molecular complexity index is 373. The van der Waals surface area contributed by atoms with E-state index in [-0.39, 0.29) is 5.92 Å². The monoisotopic (exact) mass is 230 g/mol. The fourth-order valence-electron chi connectivity index (χ4n) is 1.89. The quantitative estimate of drug-likeness (QED) is 0.775. The van der Waals surface area contributed by atoms with Crippen LogP contribution in [0.4, 0.5) is 0 Å². The number of hydrogen-bond acceptors (Lipinski definition) is 2. The molecule has 0 aliphatic heterocycles. The van der Waals surface area contributed by atoms with Gasteiger partial charge in [0.05, 0.1) is 12.0 Å². The van der Waals surface area contributed by atoms with Crippen LogP contribution in [0.5, 0.6) is 0 Å². The minimum Gasteiger partial charge on any atom is -0.301 e. The summed E-state index contributed by atoms with van der Waals surface area (Å²) < 4.78 is 0. The van der Waals surface area contributed by atoms with E-state index in [0.717, 1.165) is 13.1 Å². The fourth-order valence-corrected chi connectivity index (χ4v) is 1.89. The van der Waals surface area contributed by atoms with Crippen LogP contribution >= 0.6 is 0 Å². The SMILES string of the molecule is CC(C#N)CN(C)Cc1ccc(C(C)C)cc1. The van der Waals surface area contributed by atoms with E-state index in [1.807, 2.05) is 6.92 Å². The lowest BCUT2D eigenvalue weighted by molar-refractivity contribution is 0.303. The minimum absolute atomic E-state index is 0.0925. The third kappa shape index (κ3) is 4.58. The standard InChI is InChI=1S/C15H22N2/c1-12(2)15-7-5-14(6-8-15)11-17(4)10-13(3)9-16/h5-8,12-13H,10-11H2,1-4H3. The lowest BCUT2D eigenvalue weighted by atomic mass is 10.0. The van der Waals surface area contributed by atoms with Gasteiger partial charge in [0.1, 0.15) is 0 Å². The van der Waals surface area contributed by atoms with Gasteiger partial charge in [0.15, 0.2) is 0 Å². The number of nitriles is 1. The summed E-state index contributed by atoms with van der Waals surface area (Å²) in [6.07, 6.45) is 0. The summed E-state index contributed by atoms with van der Waals surface area (Å²) in [5, 5.41) is 8.77. The van der Waals surface area contributed by atoms with Gasteiger partial charge in [-0.2, -0.15) is 5.26 Å². The molecule has 1 aromatic carbocycles. The van der Waals surface area contributed by atoms with Crippen LogP contribution in [0.3, 0.4) is 0 Å². The molecule has 2 heteroatoms. The van der Waals surface area contributed by atoms with Crippen molar-refractivity contribution in [3.8, 4) is 6.07 Å². The maximum Gasteiger partial charge on any atom is 0.0666 e. The lowest BCUT2D eigenvalue weighted by Gasteiger charge is -2.18. The van der Waals surface area contributed by atoms with Crippen molar-refractivity contribution in [2.24, 2.45) is 5.92 Å². The second-order valence-corrected chi connectivity index (χ2v) is 5.12. The molecule has 0 fully saturated rings. The van der Waals surface area contributed by atoms with E-state index in [1.165, 1.54) is 11.1 Å². The predicted molar refractivity (Wildman–Crippen MR) is 71.6 cm³/mol. The second kappa shape index (κ2) is 6.42. The molecule has 0 saturated heterocycles. The first-order chi connectivity index (χ1) is 8.02. The van der Waals surface area contributed by atoms with Gasteiger partial charge in [-0.25, -0.2) is 0 Å². The van der Waals surface area contributed by atoms with Crippen molar-refractivity contribution < 1.29 is 0 Å². The number of hydrogen-bond donors (Lipinski definition) is 0. The molecule has 0 spiro atoms. The highest BCUT2D eigenvalue weighted by Crippen LogP contribution is 2.15. The van der Waals surface area contributed by atoms with E-state index in [4.69, 9.17) is 5.26 Å². The van der Waals surface area contributed by atoms with E-state index in [0.29, 0.717) is 5.92 Å². The molecule has 1 rings (SSSR count). The molecular formula is C15H22N2. The first-order valence-electron chi connectivity index (χ1n) is 6.20. The summed E-state index contributed by atoms with van der Waals surface area (Å²) in [5.41, 5.74) is 2.68. The Labute approximate surface area is 105 Å². The van der Waals surface area contributed by atoms with Gasteiger partial charge >= 0.3 is 0 Å². The smallest absolute Gasteiger partial charge is 0.0666 e. The summed E-state index contributed by atoms with van der Waals surface area (Å²) in [6, 6.07) is 11.0. The van der Waals surface area contributed by atoms with Gasteiger partial charge in [0, 0.05) is 13.1 Å². The van der Waals surface area contributed by atoms with Gasteiger partial charge in [-0.15, -0.1) is 0 Å². The Morgan fingerprint density at radius 3 is 2.24 bits per heavy atom. The largest absolute Gasteiger partial charge is 0.301 e. The van der Waals surface area contributed by atoms with E-state index >= 15 is 0 Å². The summed E-state index contributed by atoms with van der Waals surface area (Å²) in [6.45, 7) is 8.09. The molecule has 2 nitrogen and oxygen atoms in total. The average Bonchev–Trinajstić information content (AvgIpc) is 2.29. The summed E-state index contributed by atoms with van der Waals surface area (Å²) in [5.74, 6) is 0.676. The Kier molecular flexibility index (Phi) is 5.18. The van der Waals surface area contributed by atoms with Crippen LogP contribution in [0.25, 0.3) is 0 Å². The molecule has 0 aliphatic rings. The van der Waals surface area contributed by atoms with Gasteiger partial charge in [0.25, 0.3) is 0 Å². The molecule has 0 aromatic heterocycles. The van der Waals surface area contributed by atoms with Crippen molar-refractivity contribution in [2.75, 3.05) is 13.6 Å². The van der Waals surface area contributed by atoms with Crippen molar-refractivity contribution in [1.82, 2.24) is 4.90 Å². The van der Waals surface area contributed by atoms with Gasteiger partial charge in [0.2, 0.25) is 0 Å². The Morgan fingerprint density at radius 1 is 1.18 bits per heavy atom. The van der Waals surface area contributed by atoms with Crippen LogP contribution < -0.4 is 0 Å². The third-order valence-corrected chi connectivity index (χ3v) is 2.90. The summed E-state index contributed by atoms with van der Waals surface area (Å²) in [4.78, 5) is 2.19. The summed E-state index contributed by atoms with van der Waals surface area (Å²) in [7, 11) is 2.06. The third-order valence-electron chi connectivity index (χ3n) is 2.90. The predicted octanol–water partition coefficient (Wildman–Crippen LogP) is 3.40. The Balaban J connectivity index is 2.55. The van der Waals surface area contributed by atoms with Gasteiger partial charge in [-0.1, -0.05) is 38.1 Å². The second-order valence-electron chi connectivity index (χ2n) is 5.12. The summed E-state index contributed by atoms with van der Waals surface area (Å²) >= 11 is 0. The molecule has 0 heterocycles. The Morgan fingerprint density at radius 2 is 1.76 bits per heavy atom. The molecule has 0 amide bonds. The van der Waals surface area contributed by atoms with Crippen LogP contribution in [0.1, 0.15) is 37.8 Å². The van der Waals surface area contributed by atoms with Crippen molar-refractivity contribution in [3.63, 3.8) is 0 Å². The molecule has 0 bridgehead atoms. The highest BCUT2D eigenvalue weighted by Gasteiger charge is 2.06. The molecular weight excluding hydrogens is 208 g/mol. The molecule has 0 saturated carbocycles. The van der Waals surface area contributed by atoms with Gasteiger partial charge in [-0.3, -0.25) is 0 Å². The van der Waals surface area contributed by atoms with Crippen molar-refractivity contribution in [3.05, 3.63) is 35.4 Å². The van der Waals surface area contributed by atoms with Crippen molar-refractivity contribution >= 4 is 0 Å². The molecule has 0 N–H and O–H groups in total. The molecule has 1 aromatic rings. The van der Waals surface area contributed by atoms with Crippen LogP contribution in [-0.4, -0.2) is 18.5 Å². The zero-order valence-electron chi connectivity index (χ0n) is 11.3. The van der Waals surface area contributed by atoms with E-state index in [2.05, 4.69) is 56.1 Å². The number of nitrogens with zero attached hydrogens (tertiary/aromatic N) is 2. The highest BCUT2D eigenvalue weighted by atomic mass is 15.1. The maximum atomic E-state index is 8.77. The molecule has 92 valence electrons. The number of benzene rings is 1. The molecule has 0 aliphatic carbocycles. The van der Waals surface area contributed by atoms with Gasteiger partial charge < -0.3 is 4.90 Å². The zero-order valence-corrected chi connectivity index (χ0v) is 11.3. The van der Waals surface area contributed by atoms with Crippen LogP contribution in [-0.2, 0) is 6.54 Å². The van der Waals surface area contributed by atoms with Crippen LogP contribution in [0, 0.1) is 17.2 Å². The lowest BCUT2D eigenvalue weighted by Crippen LogP contribution is -2.23. The van der Waals surface area contributed by atoms with Crippen LogP contribution in [0.2, 0.25) is 0 Å². The molecule has 1 atom stereocenters. The fraction of sp³-hybridized carbons (Fsp3) is 0.533. The molecule has 1 unspecified atom stereocenters. The number of rotatable bonds is 5. The Hall–Kier alpha value is -1.33. The molecule has 0 radical (unpaired) electrons. The average molecular weight is 230 g/mol. The normalized spacial score (nSPS) is 12.8. The van der Waals surface area contributed by atoms with Crippen LogP contribution in [0.15, 0.2) is 24.3 Å². The first kappa shape index (κ1) is 13.7. The van der Waals surface area contributed by atoms with Gasteiger partial charge in [-0.05, 0) is 31.0 Å². The van der Waals surface area contributed by atoms with Crippen molar-refractivity contribution in [2.45, 2.75) is 33.2 Å². The topological polar surface area (TPSA) is 27.0 Å². The highest BCUT2D eigenvalue weighted by molar-refractivity contribution is 5.24. The first-order valence-corrected chi connectivity index (χ1v) is 6.20.